The molecule has 0 aliphatic rings. The molecule has 1 aromatic heterocycles. The van der Waals surface area contributed by atoms with E-state index in [0.717, 1.165) is 0 Å². The molecule has 2 rings (SSSR count). The second kappa shape index (κ2) is 5.36. The molecule has 0 aliphatic heterocycles. The summed E-state index contributed by atoms with van der Waals surface area (Å²) in [4.78, 5) is 17.5. The second-order valence-corrected chi connectivity index (χ2v) is 4.86. The summed E-state index contributed by atoms with van der Waals surface area (Å²) in [5, 5.41) is 3.73. The standard InChI is InChI=1S/C10H5Cl4N3O/c11-4-1-6(13)7(2-5(4)12)17-9-8(14)10(18)16-3-15-9/h1-3H,(H2,15,16,17,18). The van der Waals surface area contributed by atoms with E-state index in [-0.39, 0.29) is 10.8 Å². The van der Waals surface area contributed by atoms with Gasteiger partial charge in [-0.25, -0.2) is 4.98 Å². The summed E-state index contributed by atoms with van der Waals surface area (Å²) in [5.74, 6) is 0.181. The highest BCUT2D eigenvalue weighted by Gasteiger charge is 2.10. The van der Waals surface area contributed by atoms with Crippen molar-refractivity contribution in [3.05, 3.63) is 48.9 Å². The Hall–Kier alpha value is -0.940. The van der Waals surface area contributed by atoms with Gasteiger partial charge >= 0.3 is 0 Å². The summed E-state index contributed by atoms with van der Waals surface area (Å²) >= 11 is 23.5. The number of H-pyrrole nitrogens is 1. The number of aromatic amines is 1. The number of benzene rings is 1. The predicted molar refractivity (Wildman–Crippen MR) is 74.6 cm³/mol. The molecule has 0 saturated carbocycles. The number of halogens is 4. The maximum atomic E-state index is 11.3. The van der Waals surface area contributed by atoms with Gasteiger partial charge < -0.3 is 10.3 Å². The zero-order valence-corrected chi connectivity index (χ0v) is 11.6. The predicted octanol–water partition coefficient (Wildman–Crippen LogP) is 4.13. The van der Waals surface area contributed by atoms with Crippen LogP contribution < -0.4 is 10.9 Å². The molecule has 4 nitrogen and oxygen atoms in total. The highest BCUT2D eigenvalue weighted by Crippen LogP contribution is 2.34. The van der Waals surface area contributed by atoms with Crippen molar-refractivity contribution in [3.63, 3.8) is 0 Å². The summed E-state index contributed by atoms with van der Waals surface area (Å²) < 4.78 is 0. The minimum atomic E-state index is -0.453. The second-order valence-electron chi connectivity index (χ2n) is 3.27. The minimum absolute atomic E-state index is 0.0698. The van der Waals surface area contributed by atoms with Crippen LogP contribution >= 0.6 is 46.4 Å². The van der Waals surface area contributed by atoms with Gasteiger partial charge in [-0.05, 0) is 12.1 Å². The molecule has 1 aromatic carbocycles. The molecule has 8 heteroatoms. The van der Waals surface area contributed by atoms with Crippen molar-refractivity contribution in [1.82, 2.24) is 9.97 Å². The fraction of sp³-hybridized carbons (Fsp3) is 0. The Kier molecular flexibility index (Phi) is 4.02. The van der Waals surface area contributed by atoms with Crippen LogP contribution in [0.15, 0.2) is 23.3 Å². The fourth-order valence-corrected chi connectivity index (χ4v) is 1.96. The van der Waals surface area contributed by atoms with E-state index in [4.69, 9.17) is 46.4 Å². The van der Waals surface area contributed by atoms with E-state index in [1.165, 1.54) is 18.5 Å². The van der Waals surface area contributed by atoms with Crippen LogP contribution in [0.25, 0.3) is 0 Å². The molecular formula is C10H5Cl4N3O. The summed E-state index contributed by atoms with van der Waals surface area (Å²) in [5.41, 5.74) is -0.00332. The molecule has 2 aromatic rings. The highest BCUT2D eigenvalue weighted by molar-refractivity contribution is 6.44. The Morgan fingerprint density at radius 3 is 2.44 bits per heavy atom. The van der Waals surface area contributed by atoms with Crippen LogP contribution in [-0.4, -0.2) is 9.97 Å². The molecule has 0 saturated heterocycles. The Labute approximate surface area is 122 Å². The van der Waals surface area contributed by atoms with Crippen LogP contribution in [0.1, 0.15) is 0 Å². The van der Waals surface area contributed by atoms with Gasteiger partial charge in [0.2, 0.25) is 0 Å². The molecule has 0 bridgehead atoms. The zero-order chi connectivity index (χ0) is 13.3. The topological polar surface area (TPSA) is 57.8 Å². The summed E-state index contributed by atoms with van der Waals surface area (Å²) in [7, 11) is 0. The van der Waals surface area contributed by atoms with Crippen molar-refractivity contribution in [2.24, 2.45) is 0 Å². The number of hydrogen-bond donors (Lipinski definition) is 2. The highest BCUT2D eigenvalue weighted by atomic mass is 35.5. The number of anilines is 2. The van der Waals surface area contributed by atoms with Gasteiger partial charge in [0.25, 0.3) is 5.56 Å². The van der Waals surface area contributed by atoms with Crippen molar-refractivity contribution >= 4 is 57.9 Å². The van der Waals surface area contributed by atoms with Crippen molar-refractivity contribution in [2.75, 3.05) is 5.32 Å². The molecular weight excluding hydrogens is 320 g/mol. The molecule has 0 unspecified atom stereocenters. The molecule has 0 aliphatic carbocycles. The third kappa shape index (κ3) is 2.72. The Morgan fingerprint density at radius 2 is 1.72 bits per heavy atom. The lowest BCUT2D eigenvalue weighted by Crippen LogP contribution is -2.09. The van der Waals surface area contributed by atoms with Gasteiger partial charge in [-0.3, -0.25) is 4.79 Å². The normalized spacial score (nSPS) is 10.4. The minimum Gasteiger partial charge on any atom is -0.338 e. The molecule has 2 N–H and O–H groups in total. The maximum absolute atomic E-state index is 11.3. The van der Waals surface area contributed by atoms with Gasteiger partial charge in [-0.15, -0.1) is 0 Å². The zero-order valence-electron chi connectivity index (χ0n) is 8.60. The van der Waals surface area contributed by atoms with Gasteiger partial charge in [0.1, 0.15) is 5.02 Å². The molecule has 0 atom stereocenters. The molecule has 94 valence electrons. The van der Waals surface area contributed by atoms with Crippen LogP contribution in [0.5, 0.6) is 0 Å². The monoisotopic (exact) mass is 323 g/mol. The van der Waals surface area contributed by atoms with Crippen molar-refractivity contribution in [1.29, 1.82) is 0 Å². The summed E-state index contributed by atoms with van der Waals surface area (Å²) in [6, 6.07) is 3.00. The molecule has 18 heavy (non-hydrogen) atoms. The van der Waals surface area contributed by atoms with Crippen LogP contribution in [0, 0.1) is 0 Å². The lowest BCUT2D eigenvalue weighted by molar-refractivity contribution is 1.12. The first kappa shape index (κ1) is 13.5. The van der Waals surface area contributed by atoms with Crippen LogP contribution in [0.3, 0.4) is 0 Å². The van der Waals surface area contributed by atoms with E-state index in [9.17, 15) is 4.79 Å². The van der Waals surface area contributed by atoms with Gasteiger partial charge in [0.05, 0.1) is 27.1 Å². The lowest BCUT2D eigenvalue weighted by Gasteiger charge is -2.09. The molecule has 1 heterocycles. The first-order chi connectivity index (χ1) is 8.49. The number of nitrogens with zero attached hydrogens (tertiary/aromatic N) is 1. The van der Waals surface area contributed by atoms with Gasteiger partial charge in [-0.1, -0.05) is 46.4 Å². The number of rotatable bonds is 2. The SMILES string of the molecule is O=c1[nH]cnc(Nc2cc(Cl)c(Cl)cc2Cl)c1Cl. The first-order valence-corrected chi connectivity index (χ1v) is 6.15. The molecule has 0 radical (unpaired) electrons. The first-order valence-electron chi connectivity index (χ1n) is 4.64. The Morgan fingerprint density at radius 1 is 1.06 bits per heavy atom. The summed E-state index contributed by atoms with van der Waals surface area (Å²) in [6.45, 7) is 0. The smallest absolute Gasteiger partial charge is 0.271 e. The molecule has 0 spiro atoms. The van der Waals surface area contributed by atoms with Crippen LogP contribution in [-0.2, 0) is 0 Å². The maximum Gasteiger partial charge on any atom is 0.271 e. The summed E-state index contributed by atoms with van der Waals surface area (Å²) in [6.07, 6.45) is 1.22. The quantitative estimate of drug-likeness (QED) is 0.817. The number of hydrogen-bond acceptors (Lipinski definition) is 3. The average molecular weight is 325 g/mol. The van der Waals surface area contributed by atoms with E-state index in [1.807, 2.05) is 0 Å². The fourth-order valence-electron chi connectivity index (χ4n) is 1.22. The molecule has 0 amide bonds. The Balaban J connectivity index is 2.43. The van der Waals surface area contributed by atoms with Gasteiger partial charge in [0, 0.05) is 0 Å². The largest absolute Gasteiger partial charge is 0.338 e. The van der Waals surface area contributed by atoms with E-state index in [0.29, 0.717) is 20.8 Å². The number of aromatic nitrogens is 2. The van der Waals surface area contributed by atoms with Crippen LogP contribution in [0.2, 0.25) is 20.1 Å². The number of nitrogens with one attached hydrogen (secondary N) is 2. The lowest BCUT2D eigenvalue weighted by atomic mass is 10.3. The van der Waals surface area contributed by atoms with E-state index < -0.39 is 5.56 Å². The van der Waals surface area contributed by atoms with Crippen molar-refractivity contribution in [2.45, 2.75) is 0 Å². The average Bonchev–Trinajstić information content (AvgIpc) is 2.32. The van der Waals surface area contributed by atoms with Gasteiger partial charge in [0.15, 0.2) is 5.82 Å². The molecule has 0 fully saturated rings. The third-order valence-corrected chi connectivity index (χ3v) is 3.45. The van der Waals surface area contributed by atoms with Crippen molar-refractivity contribution < 1.29 is 0 Å². The third-order valence-electron chi connectivity index (χ3n) is 2.06. The van der Waals surface area contributed by atoms with E-state index in [1.54, 1.807) is 0 Å². The van der Waals surface area contributed by atoms with Crippen molar-refractivity contribution in [3.8, 4) is 0 Å². The van der Waals surface area contributed by atoms with Crippen LogP contribution in [0.4, 0.5) is 11.5 Å². The van der Waals surface area contributed by atoms with Gasteiger partial charge in [-0.2, -0.15) is 0 Å². The Bertz CT molecular complexity index is 656. The van der Waals surface area contributed by atoms with E-state index in [2.05, 4.69) is 15.3 Å². The van der Waals surface area contributed by atoms with E-state index >= 15 is 0 Å².